The van der Waals surface area contributed by atoms with Gasteiger partial charge in [-0.05, 0) is 36.8 Å². The Morgan fingerprint density at radius 3 is 2.44 bits per heavy atom. The van der Waals surface area contributed by atoms with Crippen LogP contribution in [0.3, 0.4) is 0 Å². The second-order valence-corrected chi connectivity index (χ2v) is 9.22. The summed E-state index contributed by atoms with van der Waals surface area (Å²) in [6.45, 7) is 1.84. The molecule has 0 heterocycles. The molecule has 1 amide bonds. The second-order valence-electron chi connectivity index (χ2n) is 5.74. The van der Waals surface area contributed by atoms with Gasteiger partial charge in [-0.1, -0.05) is 30.3 Å². The van der Waals surface area contributed by atoms with E-state index in [0.29, 0.717) is 5.75 Å². The summed E-state index contributed by atoms with van der Waals surface area (Å²) in [5.41, 5.74) is 1.63. The van der Waals surface area contributed by atoms with Gasteiger partial charge in [0.25, 0.3) is 0 Å². The first-order valence-corrected chi connectivity index (χ1v) is 10.3. The molecular weight excluding hydrogens is 356 g/mol. The van der Waals surface area contributed by atoms with E-state index in [1.165, 1.54) is 30.2 Å². The third-order valence-electron chi connectivity index (χ3n) is 3.59. The molecule has 0 fully saturated rings. The predicted octanol–water partition coefficient (Wildman–Crippen LogP) is 3.20. The van der Waals surface area contributed by atoms with Gasteiger partial charge in [-0.25, -0.2) is 12.7 Å². The highest BCUT2D eigenvalue weighted by atomic mass is 32.2. The van der Waals surface area contributed by atoms with Crippen LogP contribution < -0.4 is 5.32 Å². The molecule has 0 aromatic heterocycles. The lowest BCUT2D eigenvalue weighted by molar-refractivity contribution is -0.115. The molecule has 0 aliphatic carbocycles. The Balaban J connectivity index is 1.98. The molecule has 0 aliphatic rings. The van der Waals surface area contributed by atoms with Crippen molar-refractivity contribution >= 4 is 33.4 Å². The van der Waals surface area contributed by atoms with E-state index in [2.05, 4.69) is 5.32 Å². The second kappa shape index (κ2) is 8.51. The first kappa shape index (κ1) is 19.5. The van der Waals surface area contributed by atoms with Crippen LogP contribution in [0, 0.1) is 0 Å². The molecule has 0 saturated carbocycles. The molecule has 0 aliphatic heterocycles. The molecule has 0 saturated heterocycles. The third-order valence-corrected chi connectivity index (χ3v) is 6.61. The third kappa shape index (κ3) is 5.32. The zero-order chi connectivity index (χ0) is 18.4. The average Bonchev–Trinajstić information content (AvgIpc) is 2.60. The first-order chi connectivity index (χ1) is 11.8. The van der Waals surface area contributed by atoms with Gasteiger partial charge in [0.1, 0.15) is 0 Å². The lowest BCUT2D eigenvalue weighted by atomic mass is 10.2. The van der Waals surface area contributed by atoms with E-state index < -0.39 is 10.0 Å². The van der Waals surface area contributed by atoms with Gasteiger partial charge in [0.2, 0.25) is 15.9 Å². The molecule has 25 heavy (non-hydrogen) atoms. The molecule has 1 unspecified atom stereocenters. The van der Waals surface area contributed by atoms with Gasteiger partial charge in [0.15, 0.2) is 0 Å². The fourth-order valence-electron chi connectivity index (χ4n) is 2.07. The molecule has 0 radical (unpaired) electrons. The Hall–Kier alpha value is -1.83. The number of thioether (sulfide) groups is 1. The Morgan fingerprint density at radius 1 is 1.12 bits per heavy atom. The van der Waals surface area contributed by atoms with Crippen LogP contribution in [0.15, 0.2) is 59.5 Å². The summed E-state index contributed by atoms with van der Waals surface area (Å²) in [5.74, 6) is 0.480. The maximum absolute atomic E-state index is 12.2. The highest BCUT2D eigenvalue weighted by molar-refractivity contribution is 7.99. The maximum Gasteiger partial charge on any atom is 0.242 e. The monoisotopic (exact) mass is 378 g/mol. The number of sulfonamides is 1. The number of carbonyl (C=O) groups excluding carboxylic acids is 1. The number of hydrogen-bond acceptors (Lipinski definition) is 4. The van der Waals surface area contributed by atoms with Gasteiger partial charge in [0, 0.05) is 25.5 Å². The van der Waals surface area contributed by atoms with Crippen molar-refractivity contribution in [3.8, 4) is 0 Å². The summed E-state index contributed by atoms with van der Waals surface area (Å²) in [5, 5.41) is 2.61. The minimum Gasteiger partial charge on any atom is -0.325 e. The molecule has 5 nitrogen and oxygen atoms in total. The number of amides is 1. The number of nitrogens with zero attached hydrogens (tertiary/aromatic N) is 1. The molecule has 2 aromatic carbocycles. The maximum atomic E-state index is 12.2. The molecular formula is C18H22N2O3S2. The van der Waals surface area contributed by atoms with Gasteiger partial charge in [0.05, 0.1) is 10.1 Å². The van der Waals surface area contributed by atoms with Crippen molar-refractivity contribution in [1.82, 2.24) is 4.31 Å². The minimum absolute atomic E-state index is 0.0757. The van der Waals surface area contributed by atoms with Crippen LogP contribution in [0.1, 0.15) is 12.5 Å². The summed E-state index contributed by atoms with van der Waals surface area (Å²) < 4.78 is 25.6. The van der Waals surface area contributed by atoms with E-state index >= 15 is 0 Å². The Labute approximate surface area is 153 Å². The van der Waals surface area contributed by atoms with Crippen LogP contribution in [-0.2, 0) is 20.6 Å². The number of hydrogen-bond donors (Lipinski definition) is 1. The van der Waals surface area contributed by atoms with Crippen molar-refractivity contribution in [2.45, 2.75) is 22.8 Å². The summed E-state index contributed by atoms with van der Waals surface area (Å²) >= 11 is 1.46. The van der Waals surface area contributed by atoms with Crippen molar-refractivity contribution in [3.05, 3.63) is 60.2 Å². The summed E-state index contributed by atoms with van der Waals surface area (Å²) in [7, 11) is -0.437. The lowest BCUT2D eigenvalue weighted by Crippen LogP contribution is -2.23. The number of nitrogens with one attached hydrogen (secondary N) is 1. The first-order valence-electron chi connectivity index (χ1n) is 7.79. The zero-order valence-corrected chi connectivity index (χ0v) is 16.1. The molecule has 2 aromatic rings. The van der Waals surface area contributed by atoms with Gasteiger partial charge in [-0.15, -0.1) is 11.8 Å². The molecule has 1 atom stereocenters. The van der Waals surface area contributed by atoms with Gasteiger partial charge in [-0.2, -0.15) is 0 Å². The van der Waals surface area contributed by atoms with Gasteiger partial charge in [-0.3, -0.25) is 4.79 Å². The molecule has 0 bridgehead atoms. The van der Waals surface area contributed by atoms with Gasteiger partial charge >= 0.3 is 0 Å². The number of anilines is 1. The van der Waals surface area contributed by atoms with Crippen molar-refractivity contribution in [2.24, 2.45) is 0 Å². The van der Waals surface area contributed by atoms with E-state index in [1.54, 1.807) is 18.2 Å². The summed E-state index contributed by atoms with van der Waals surface area (Å²) in [6, 6.07) is 16.1. The smallest absolute Gasteiger partial charge is 0.242 e. The fourth-order valence-corrected chi connectivity index (χ4v) is 3.87. The van der Waals surface area contributed by atoms with Crippen LogP contribution in [-0.4, -0.2) is 38.0 Å². The van der Waals surface area contributed by atoms with Crippen LogP contribution in [0.2, 0.25) is 0 Å². The van der Waals surface area contributed by atoms with Crippen molar-refractivity contribution in [2.75, 3.05) is 19.4 Å². The normalized spacial score (nSPS) is 12.8. The minimum atomic E-state index is -3.45. The topological polar surface area (TPSA) is 66.5 Å². The Morgan fingerprint density at radius 2 is 1.80 bits per heavy atom. The summed E-state index contributed by atoms with van der Waals surface area (Å²) in [4.78, 5) is 12.5. The zero-order valence-electron chi connectivity index (χ0n) is 14.5. The van der Waals surface area contributed by atoms with Crippen molar-refractivity contribution in [1.29, 1.82) is 0 Å². The summed E-state index contributed by atoms with van der Waals surface area (Å²) in [6.07, 6.45) is 0. The van der Waals surface area contributed by atoms with E-state index in [0.717, 1.165) is 11.3 Å². The fraction of sp³-hybridized carbons (Fsp3) is 0.278. The van der Waals surface area contributed by atoms with E-state index in [1.807, 2.05) is 43.3 Å². The molecule has 1 N–H and O–H groups in total. The van der Waals surface area contributed by atoms with Crippen molar-refractivity contribution < 1.29 is 13.2 Å². The Bertz CT molecular complexity index is 821. The number of para-hydroxylation sites is 1. The van der Waals surface area contributed by atoms with Crippen molar-refractivity contribution in [3.63, 3.8) is 0 Å². The number of benzene rings is 2. The molecule has 2 rings (SSSR count). The van der Waals surface area contributed by atoms with Crippen LogP contribution >= 0.6 is 11.8 Å². The molecule has 134 valence electrons. The van der Waals surface area contributed by atoms with E-state index in [4.69, 9.17) is 0 Å². The molecule has 0 spiro atoms. The number of rotatable bonds is 7. The predicted molar refractivity (Wildman–Crippen MR) is 103 cm³/mol. The quantitative estimate of drug-likeness (QED) is 0.803. The van der Waals surface area contributed by atoms with Crippen LogP contribution in [0.25, 0.3) is 0 Å². The SMILES string of the molecule is CC(SCc1cccc(S(=O)(=O)N(C)C)c1)C(=O)Nc1ccccc1. The number of carbonyl (C=O) groups is 1. The van der Waals surface area contributed by atoms with E-state index in [9.17, 15) is 13.2 Å². The van der Waals surface area contributed by atoms with Crippen LogP contribution in [0.5, 0.6) is 0 Å². The Kier molecular flexibility index (Phi) is 6.64. The largest absolute Gasteiger partial charge is 0.325 e. The van der Waals surface area contributed by atoms with E-state index in [-0.39, 0.29) is 16.1 Å². The van der Waals surface area contributed by atoms with Gasteiger partial charge < -0.3 is 5.32 Å². The standard InChI is InChI=1S/C18H22N2O3S2/c1-14(18(21)19-16-9-5-4-6-10-16)24-13-15-8-7-11-17(12-15)25(22,23)20(2)3/h4-12,14H,13H2,1-3H3,(H,19,21). The van der Waals surface area contributed by atoms with Crippen LogP contribution in [0.4, 0.5) is 5.69 Å². The lowest BCUT2D eigenvalue weighted by Gasteiger charge is -2.14. The molecule has 7 heteroatoms. The highest BCUT2D eigenvalue weighted by Gasteiger charge is 2.18. The highest BCUT2D eigenvalue weighted by Crippen LogP contribution is 2.22. The average molecular weight is 379 g/mol.